The quantitative estimate of drug-likeness (QED) is 0.777. The number of nitrogens with zero attached hydrogens (tertiary/aromatic N) is 2. The zero-order valence-electron chi connectivity index (χ0n) is 11.0. The number of nitrogens with one attached hydrogen (secondary N) is 1. The molecule has 0 fully saturated rings. The Morgan fingerprint density at radius 2 is 1.90 bits per heavy atom. The average molecular weight is 294 g/mol. The van der Waals surface area contributed by atoms with Gasteiger partial charge < -0.3 is 18.7 Å². The first-order valence-electron chi connectivity index (χ1n) is 6.09. The molecule has 0 spiro atoms. The average Bonchev–Trinajstić information content (AvgIpc) is 3.03. The highest BCUT2D eigenvalue weighted by molar-refractivity contribution is 5.85. The fourth-order valence-corrected chi connectivity index (χ4v) is 2.31. The van der Waals surface area contributed by atoms with E-state index in [9.17, 15) is 5.11 Å². The highest BCUT2D eigenvalue weighted by atomic mass is 35.5. The molecular formula is C14H16ClN3O2. The summed E-state index contributed by atoms with van der Waals surface area (Å²) in [7, 11) is 1.85. The Bertz CT molecular complexity index is 758. The van der Waals surface area contributed by atoms with Gasteiger partial charge in [-0.1, -0.05) is 12.1 Å². The summed E-state index contributed by atoms with van der Waals surface area (Å²) in [5.74, 6) is 0.514. The maximum atomic E-state index is 10.1. The Morgan fingerprint density at radius 1 is 1.20 bits per heavy atom. The van der Waals surface area contributed by atoms with E-state index < -0.39 is 6.10 Å². The van der Waals surface area contributed by atoms with Crippen molar-refractivity contribution in [3.8, 4) is 0 Å². The molecule has 0 radical (unpaired) electrons. The number of hydrogen-bond acceptors (Lipinski definition) is 3. The molecule has 0 saturated heterocycles. The third-order valence-corrected chi connectivity index (χ3v) is 3.33. The van der Waals surface area contributed by atoms with E-state index in [0.717, 1.165) is 11.0 Å². The van der Waals surface area contributed by atoms with Gasteiger partial charge in [0.05, 0.1) is 23.8 Å². The molecule has 2 heterocycles. The number of furan rings is 1. The molecule has 0 saturated carbocycles. The van der Waals surface area contributed by atoms with Gasteiger partial charge in [-0.05, 0) is 24.3 Å². The lowest BCUT2D eigenvalue weighted by Crippen LogP contribution is -2.25. The fraction of sp³-hybridized carbons (Fsp3) is 0.214. The molecule has 5 nitrogen and oxygen atoms in total. The monoisotopic (exact) mass is 293 g/mol. The van der Waals surface area contributed by atoms with Crippen LogP contribution in [0.15, 0.2) is 47.1 Å². The molecule has 2 N–H and O–H groups in total. The molecular weight excluding hydrogens is 278 g/mol. The van der Waals surface area contributed by atoms with Crippen LogP contribution in [-0.4, -0.2) is 14.2 Å². The first-order valence-corrected chi connectivity index (χ1v) is 6.09. The van der Waals surface area contributed by atoms with E-state index in [2.05, 4.69) is 0 Å². The Hall–Kier alpha value is -1.98. The predicted octanol–water partition coefficient (Wildman–Crippen LogP) is 2.21. The molecule has 3 rings (SSSR count). The minimum absolute atomic E-state index is 0. The van der Waals surface area contributed by atoms with Gasteiger partial charge in [-0.15, -0.1) is 12.4 Å². The Labute approximate surface area is 122 Å². The van der Waals surface area contributed by atoms with Crippen LogP contribution in [0.25, 0.3) is 11.0 Å². The molecule has 2 aromatic heterocycles. The number of para-hydroxylation sites is 2. The van der Waals surface area contributed by atoms with Crippen molar-refractivity contribution in [2.75, 3.05) is 0 Å². The van der Waals surface area contributed by atoms with Gasteiger partial charge in [0.25, 0.3) is 0 Å². The minimum Gasteiger partial charge on any atom is -0.467 e. The number of aryl methyl sites for hydroxylation is 1. The van der Waals surface area contributed by atoms with Crippen LogP contribution in [0.4, 0.5) is 0 Å². The van der Waals surface area contributed by atoms with Crippen molar-refractivity contribution in [1.29, 1.82) is 5.41 Å². The van der Waals surface area contributed by atoms with Gasteiger partial charge in [-0.3, -0.25) is 5.41 Å². The van der Waals surface area contributed by atoms with Crippen LogP contribution >= 0.6 is 12.4 Å². The molecule has 1 unspecified atom stereocenters. The van der Waals surface area contributed by atoms with Crippen LogP contribution < -0.4 is 5.62 Å². The SMILES string of the molecule is Cl.Cn1c(=N)n(CC(O)c2ccco2)c2ccccc21. The van der Waals surface area contributed by atoms with Crippen molar-refractivity contribution >= 4 is 23.4 Å². The molecule has 106 valence electrons. The first-order chi connectivity index (χ1) is 9.18. The number of halogens is 1. The van der Waals surface area contributed by atoms with E-state index in [0.29, 0.717) is 17.9 Å². The number of aromatic nitrogens is 2. The van der Waals surface area contributed by atoms with E-state index in [-0.39, 0.29) is 12.4 Å². The summed E-state index contributed by atoms with van der Waals surface area (Å²) in [5, 5.41) is 18.3. The Balaban J connectivity index is 0.00000147. The van der Waals surface area contributed by atoms with Crippen molar-refractivity contribution in [1.82, 2.24) is 9.13 Å². The van der Waals surface area contributed by atoms with Crippen LogP contribution in [-0.2, 0) is 13.6 Å². The second kappa shape index (κ2) is 5.56. The van der Waals surface area contributed by atoms with E-state index >= 15 is 0 Å². The Morgan fingerprint density at radius 3 is 2.55 bits per heavy atom. The van der Waals surface area contributed by atoms with Crippen LogP contribution in [0.2, 0.25) is 0 Å². The highest BCUT2D eigenvalue weighted by Crippen LogP contribution is 2.18. The third-order valence-electron chi connectivity index (χ3n) is 3.33. The summed E-state index contributed by atoms with van der Waals surface area (Å²) in [5.41, 5.74) is 2.26. The number of aliphatic hydroxyl groups is 1. The zero-order chi connectivity index (χ0) is 13.4. The van der Waals surface area contributed by atoms with Crippen molar-refractivity contribution in [2.45, 2.75) is 12.6 Å². The van der Waals surface area contributed by atoms with E-state index in [1.807, 2.05) is 31.3 Å². The number of aliphatic hydroxyl groups excluding tert-OH is 1. The van der Waals surface area contributed by atoms with Gasteiger partial charge in [0, 0.05) is 7.05 Å². The second-order valence-electron chi connectivity index (χ2n) is 4.51. The maximum Gasteiger partial charge on any atom is 0.202 e. The van der Waals surface area contributed by atoms with Gasteiger partial charge in [-0.25, -0.2) is 0 Å². The Kier molecular flexibility index (Phi) is 4.01. The molecule has 20 heavy (non-hydrogen) atoms. The van der Waals surface area contributed by atoms with Gasteiger partial charge >= 0.3 is 0 Å². The lowest BCUT2D eigenvalue weighted by atomic mass is 10.2. The van der Waals surface area contributed by atoms with E-state index in [1.54, 1.807) is 21.3 Å². The first kappa shape index (κ1) is 14.4. The molecule has 0 bridgehead atoms. The van der Waals surface area contributed by atoms with Gasteiger partial charge in [0.15, 0.2) is 0 Å². The van der Waals surface area contributed by atoms with Crippen LogP contribution in [0.3, 0.4) is 0 Å². The lowest BCUT2D eigenvalue weighted by Gasteiger charge is -2.09. The smallest absolute Gasteiger partial charge is 0.202 e. The van der Waals surface area contributed by atoms with Crippen molar-refractivity contribution in [2.24, 2.45) is 7.05 Å². The number of benzene rings is 1. The molecule has 1 atom stereocenters. The molecule has 3 aromatic rings. The zero-order valence-corrected chi connectivity index (χ0v) is 11.8. The molecule has 0 aliphatic heterocycles. The van der Waals surface area contributed by atoms with Crippen LogP contribution in [0, 0.1) is 5.41 Å². The van der Waals surface area contributed by atoms with Gasteiger partial charge in [-0.2, -0.15) is 0 Å². The van der Waals surface area contributed by atoms with E-state index in [1.165, 1.54) is 6.26 Å². The molecule has 6 heteroatoms. The molecule has 0 aliphatic carbocycles. The predicted molar refractivity (Wildman–Crippen MR) is 77.7 cm³/mol. The summed E-state index contributed by atoms with van der Waals surface area (Å²) in [6.45, 7) is 0.299. The summed E-state index contributed by atoms with van der Waals surface area (Å²) < 4.78 is 8.77. The summed E-state index contributed by atoms with van der Waals surface area (Å²) in [6, 6.07) is 11.3. The minimum atomic E-state index is -0.755. The number of fused-ring (bicyclic) bond motifs is 1. The topological polar surface area (TPSA) is 67.1 Å². The largest absolute Gasteiger partial charge is 0.467 e. The molecule has 1 aromatic carbocycles. The van der Waals surface area contributed by atoms with Crippen LogP contribution in [0.5, 0.6) is 0 Å². The maximum absolute atomic E-state index is 10.1. The summed E-state index contributed by atoms with van der Waals surface area (Å²) in [4.78, 5) is 0. The highest BCUT2D eigenvalue weighted by Gasteiger charge is 2.15. The van der Waals surface area contributed by atoms with E-state index in [4.69, 9.17) is 9.83 Å². The van der Waals surface area contributed by atoms with Crippen molar-refractivity contribution in [3.63, 3.8) is 0 Å². The normalized spacial score (nSPS) is 12.3. The van der Waals surface area contributed by atoms with Crippen LogP contribution in [0.1, 0.15) is 11.9 Å². The summed E-state index contributed by atoms with van der Waals surface area (Å²) >= 11 is 0. The third kappa shape index (κ3) is 2.26. The number of hydrogen-bond donors (Lipinski definition) is 2. The van der Waals surface area contributed by atoms with Crippen molar-refractivity contribution in [3.05, 3.63) is 54.0 Å². The molecule has 0 amide bonds. The van der Waals surface area contributed by atoms with Gasteiger partial charge in [0.2, 0.25) is 5.62 Å². The second-order valence-corrected chi connectivity index (χ2v) is 4.51. The standard InChI is InChI=1S/C14H15N3O2.ClH/c1-16-10-5-2-3-6-11(10)17(14(16)15)9-12(18)13-7-4-8-19-13;/h2-8,12,15,18H,9H2,1H3;1H. The van der Waals surface area contributed by atoms with Crippen molar-refractivity contribution < 1.29 is 9.52 Å². The summed E-state index contributed by atoms with van der Waals surface area (Å²) in [6.07, 6.45) is 0.781. The number of imidazole rings is 1. The molecule has 0 aliphatic rings. The fourth-order valence-electron chi connectivity index (χ4n) is 2.31. The number of rotatable bonds is 3. The lowest BCUT2D eigenvalue weighted by molar-refractivity contribution is 0.130. The van der Waals surface area contributed by atoms with Gasteiger partial charge in [0.1, 0.15) is 11.9 Å².